The summed E-state index contributed by atoms with van der Waals surface area (Å²) in [5.74, 6) is 0.429. The van der Waals surface area contributed by atoms with Crippen molar-refractivity contribution in [2.45, 2.75) is 58.4 Å². The van der Waals surface area contributed by atoms with Crippen LogP contribution in [0.15, 0.2) is 18.2 Å². The van der Waals surface area contributed by atoms with E-state index >= 15 is 0 Å². The lowest BCUT2D eigenvalue weighted by Gasteiger charge is -2.20. The summed E-state index contributed by atoms with van der Waals surface area (Å²) in [5, 5.41) is 3.48. The zero-order valence-corrected chi connectivity index (χ0v) is 13.3. The predicted molar refractivity (Wildman–Crippen MR) is 82.9 cm³/mol. The summed E-state index contributed by atoms with van der Waals surface area (Å²) in [6.45, 7) is 7.60. The summed E-state index contributed by atoms with van der Waals surface area (Å²) in [7, 11) is 1.56. The van der Waals surface area contributed by atoms with Crippen LogP contribution < -0.4 is 10.1 Å². The number of unbranched alkanes of at least 4 members (excludes halogenated alkanes) is 3. The molecule has 0 saturated heterocycles. The smallest absolute Gasteiger partial charge is 0.130 e. The second-order valence-corrected chi connectivity index (χ2v) is 6.30. The monoisotopic (exact) mass is 281 g/mol. The van der Waals surface area contributed by atoms with Crippen molar-refractivity contribution in [3.05, 3.63) is 29.6 Å². The van der Waals surface area contributed by atoms with Crippen molar-refractivity contribution < 1.29 is 9.13 Å². The van der Waals surface area contributed by atoms with Crippen LogP contribution in [0.2, 0.25) is 0 Å². The van der Waals surface area contributed by atoms with Gasteiger partial charge in [0.25, 0.3) is 0 Å². The number of nitrogens with one attached hydrogen (secondary N) is 1. The number of ether oxygens (including phenoxy) is 1. The van der Waals surface area contributed by atoms with E-state index in [2.05, 4.69) is 26.1 Å². The molecule has 20 heavy (non-hydrogen) atoms. The van der Waals surface area contributed by atoms with Crippen molar-refractivity contribution in [2.75, 3.05) is 13.7 Å². The normalized spacial score (nSPS) is 11.7. The number of rotatable bonds is 8. The van der Waals surface area contributed by atoms with Crippen LogP contribution in [0.25, 0.3) is 0 Å². The molecule has 1 aromatic rings. The van der Waals surface area contributed by atoms with Gasteiger partial charge in [-0.15, -0.1) is 0 Å². The largest absolute Gasteiger partial charge is 0.497 e. The fourth-order valence-corrected chi connectivity index (χ4v) is 2.12. The molecule has 1 aromatic carbocycles. The zero-order valence-electron chi connectivity index (χ0n) is 13.3. The number of halogens is 1. The standard InChI is InChI=1S/C17H28FNO/c1-17(2,3)19-12-8-6-5-7-9-14-10-11-15(20-4)13-16(14)18/h10-11,13,19H,5-9,12H2,1-4H3. The number of methoxy groups -OCH3 is 1. The fraction of sp³-hybridized carbons (Fsp3) is 0.647. The first kappa shape index (κ1) is 17.0. The Labute approximate surface area is 122 Å². The topological polar surface area (TPSA) is 21.3 Å². The Bertz CT molecular complexity index is 398. The van der Waals surface area contributed by atoms with Gasteiger partial charge in [0.05, 0.1) is 7.11 Å². The molecule has 0 bridgehead atoms. The minimum atomic E-state index is -0.154. The minimum Gasteiger partial charge on any atom is -0.497 e. The molecule has 0 amide bonds. The van der Waals surface area contributed by atoms with E-state index in [1.54, 1.807) is 7.11 Å². The van der Waals surface area contributed by atoms with Gasteiger partial charge >= 0.3 is 0 Å². The van der Waals surface area contributed by atoms with Crippen LogP contribution >= 0.6 is 0 Å². The first-order valence-electron chi connectivity index (χ1n) is 7.50. The van der Waals surface area contributed by atoms with Gasteiger partial charge in [-0.25, -0.2) is 4.39 Å². The molecule has 0 aromatic heterocycles. The molecule has 0 radical (unpaired) electrons. The van der Waals surface area contributed by atoms with Crippen molar-refractivity contribution in [3.63, 3.8) is 0 Å². The number of hydrogen-bond acceptors (Lipinski definition) is 2. The summed E-state index contributed by atoms with van der Waals surface area (Å²) in [5.41, 5.74) is 0.991. The summed E-state index contributed by atoms with van der Waals surface area (Å²) < 4.78 is 18.7. The third-order valence-electron chi connectivity index (χ3n) is 3.29. The Kier molecular flexibility index (Phi) is 7.00. The second-order valence-electron chi connectivity index (χ2n) is 6.30. The van der Waals surface area contributed by atoms with Crippen molar-refractivity contribution in [2.24, 2.45) is 0 Å². The van der Waals surface area contributed by atoms with Crippen molar-refractivity contribution in [1.29, 1.82) is 0 Å². The summed E-state index contributed by atoms with van der Waals surface area (Å²) in [6.07, 6.45) is 5.38. The Balaban J connectivity index is 2.15. The molecule has 0 aliphatic carbocycles. The van der Waals surface area contributed by atoms with E-state index in [1.807, 2.05) is 12.1 Å². The molecule has 0 atom stereocenters. The molecule has 0 fully saturated rings. The molecule has 0 heterocycles. The summed E-state index contributed by atoms with van der Waals surface area (Å²) in [4.78, 5) is 0. The van der Waals surface area contributed by atoms with E-state index in [4.69, 9.17) is 4.74 Å². The summed E-state index contributed by atoms with van der Waals surface area (Å²) in [6, 6.07) is 5.11. The van der Waals surface area contributed by atoms with E-state index < -0.39 is 0 Å². The molecular weight excluding hydrogens is 253 g/mol. The molecule has 114 valence electrons. The van der Waals surface area contributed by atoms with Gasteiger partial charge < -0.3 is 10.1 Å². The molecule has 1 rings (SSSR count). The highest BCUT2D eigenvalue weighted by Crippen LogP contribution is 2.18. The van der Waals surface area contributed by atoms with Crippen molar-refractivity contribution in [1.82, 2.24) is 5.32 Å². The van der Waals surface area contributed by atoms with Gasteiger partial charge in [-0.1, -0.05) is 18.9 Å². The average Bonchev–Trinajstić information content (AvgIpc) is 2.37. The van der Waals surface area contributed by atoms with Crippen LogP contribution in [-0.4, -0.2) is 19.2 Å². The first-order chi connectivity index (χ1) is 9.42. The highest BCUT2D eigenvalue weighted by molar-refractivity contribution is 5.28. The lowest BCUT2D eigenvalue weighted by atomic mass is 10.0. The number of benzene rings is 1. The Morgan fingerprint density at radius 1 is 1.10 bits per heavy atom. The van der Waals surface area contributed by atoms with Gasteiger partial charge in [0.15, 0.2) is 0 Å². The lowest BCUT2D eigenvalue weighted by Crippen LogP contribution is -2.36. The number of aryl methyl sites for hydroxylation is 1. The zero-order chi connectivity index (χ0) is 15.0. The highest BCUT2D eigenvalue weighted by atomic mass is 19.1. The van der Waals surface area contributed by atoms with Crippen LogP contribution in [-0.2, 0) is 6.42 Å². The van der Waals surface area contributed by atoms with Gasteiger partial charge in [0, 0.05) is 11.6 Å². The van der Waals surface area contributed by atoms with E-state index in [0.29, 0.717) is 5.75 Å². The minimum absolute atomic E-state index is 0.154. The van der Waals surface area contributed by atoms with Crippen molar-refractivity contribution in [3.8, 4) is 5.75 Å². The maximum Gasteiger partial charge on any atom is 0.130 e. The fourth-order valence-electron chi connectivity index (χ4n) is 2.12. The lowest BCUT2D eigenvalue weighted by molar-refractivity contribution is 0.410. The molecule has 1 N–H and O–H groups in total. The van der Waals surface area contributed by atoms with Crippen LogP contribution in [0.4, 0.5) is 4.39 Å². The van der Waals surface area contributed by atoms with Crippen LogP contribution in [0.1, 0.15) is 52.0 Å². The molecule has 3 heteroatoms. The van der Waals surface area contributed by atoms with E-state index in [0.717, 1.165) is 31.4 Å². The SMILES string of the molecule is COc1ccc(CCCCCCNC(C)(C)C)c(F)c1. The quantitative estimate of drug-likeness (QED) is 0.716. The van der Waals surface area contributed by atoms with Crippen LogP contribution in [0, 0.1) is 5.82 Å². The molecule has 2 nitrogen and oxygen atoms in total. The second kappa shape index (κ2) is 8.25. The van der Waals surface area contributed by atoms with Crippen molar-refractivity contribution >= 4 is 0 Å². The van der Waals surface area contributed by atoms with Gasteiger partial charge in [-0.05, 0) is 58.2 Å². The van der Waals surface area contributed by atoms with E-state index in [-0.39, 0.29) is 11.4 Å². The maximum absolute atomic E-state index is 13.7. The Hall–Kier alpha value is -1.09. The van der Waals surface area contributed by atoms with Gasteiger partial charge in [0.1, 0.15) is 11.6 Å². The van der Waals surface area contributed by atoms with Crippen LogP contribution in [0.5, 0.6) is 5.75 Å². The molecule has 0 saturated carbocycles. The predicted octanol–water partition coefficient (Wildman–Crippen LogP) is 4.33. The number of hydrogen-bond donors (Lipinski definition) is 1. The highest BCUT2D eigenvalue weighted by Gasteiger charge is 2.07. The first-order valence-corrected chi connectivity index (χ1v) is 7.50. The average molecular weight is 281 g/mol. The van der Waals surface area contributed by atoms with E-state index in [1.165, 1.54) is 18.9 Å². The van der Waals surface area contributed by atoms with E-state index in [9.17, 15) is 4.39 Å². The van der Waals surface area contributed by atoms with Gasteiger partial charge in [-0.2, -0.15) is 0 Å². The molecule has 0 aliphatic rings. The Morgan fingerprint density at radius 2 is 1.80 bits per heavy atom. The van der Waals surface area contributed by atoms with Gasteiger partial charge in [0.2, 0.25) is 0 Å². The summed E-state index contributed by atoms with van der Waals surface area (Å²) >= 11 is 0. The molecule has 0 spiro atoms. The molecule has 0 aliphatic heterocycles. The third kappa shape index (κ3) is 6.90. The Morgan fingerprint density at radius 3 is 2.40 bits per heavy atom. The van der Waals surface area contributed by atoms with Gasteiger partial charge in [-0.3, -0.25) is 0 Å². The molecular formula is C17H28FNO. The maximum atomic E-state index is 13.7. The van der Waals surface area contributed by atoms with Crippen LogP contribution in [0.3, 0.4) is 0 Å². The third-order valence-corrected chi connectivity index (χ3v) is 3.29. The molecule has 0 unspecified atom stereocenters.